The second-order valence-corrected chi connectivity index (χ2v) is 5.26. The molecule has 0 heterocycles. The van der Waals surface area contributed by atoms with E-state index in [2.05, 4.69) is 5.32 Å². The number of nitro benzene ring substituents is 1. The Morgan fingerprint density at radius 1 is 1.29 bits per heavy atom. The Balaban J connectivity index is 2.26. The molecule has 0 bridgehead atoms. The topological polar surface area (TPSA) is 55.2 Å². The molecule has 0 aliphatic rings. The minimum atomic E-state index is -0.438. The van der Waals surface area contributed by atoms with Gasteiger partial charge in [-0.2, -0.15) is 0 Å². The van der Waals surface area contributed by atoms with Crippen molar-refractivity contribution in [3.8, 4) is 0 Å². The molecule has 0 amide bonds. The van der Waals surface area contributed by atoms with E-state index in [1.165, 1.54) is 18.2 Å². The van der Waals surface area contributed by atoms with Crippen LogP contribution in [0.3, 0.4) is 0 Å². The summed E-state index contributed by atoms with van der Waals surface area (Å²) in [6, 6.07) is 8.95. The van der Waals surface area contributed by atoms with Gasteiger partial charge in [-0.1, -0.05) is 23.7 Å². The van der Waals surface area contributed by atoms with Gasteiger partial charge in [0.1, 0.15) is 5.82 Å². The summed E-state index contributed by atoms with van der Waals surface area (Å²) >= 11 is 5.80. The third-order valence-electron chi connectivity index (χ3n) is 3.18. The molecule has 2 rings (SSSR count). The minimum absolute atomic E-state index is 0.0680. The van der Waals surface area contributed by atoms with Crippen LogP contribution in [0.25, 0.3) is 0 Å². The van der Waals surface area contributed by atoms with Gasteiger partial charge in [0.05, 0.1) is 4.92 Å². The Kier molecular flexibility index (Phi) is 4.43. The largest absolute Gasteiger partial charge is 0.378 e. The SMILES string of the molecule is Cc1ccc(C(C)Nc2cc(F)cc(Cl)c2)cc1[N+](=O)[O-]. The zero-order valence-electron chi connectivity index (χ0n) is 11.6. The summed E-state index contributed by atoms with van der Waals surface area (Å²) in [6.07, 6.45) is 0. The van der Waals surface area contributed by atoms with Crippen LogP contribution >= 0.6 is 11.6 Å². The number of aryl methyl sites for hydroxylation is 1. The quantitative estimate of drug-likeness (QED) is 0.647. The third kappa shape index (κ3) is 3.70. The Hall–Kier alpha value is -2.14. The van der Waals surface area contributed by atoms with E-state index in [0.717, 1.165) is 5.56 Å². The molecule has 0 fully saturated rings. The highest BCUT2D eigenvalue weighted by molar-refractivity contribution is 6.30. The van der Waals surface area contributed by atoms with E-state index in [-0.39, 0.29) is 11.7 Å². The van der Waals surface area contributed by atoms with Crippen molar-refractivity contribution in [3.05, 3.63) is 68.5 Å². The molecule has 1 atom stereocenters. The van der Waals surface area contributed by atoms with E-state index >= 15 is 0 Å². The molecular formula is C15H14ClFN2O2. The van der Waals surface area contributed by atoms with Crippen LogP contribution in [-0.2, 0) is 0 Å². The van der Waals surface area contributed by atoms with Crippen LogP contribution in [0.1, 0.15) is 24.1 Å². The molecule has 0 radical (unpaired) electrons. The maximum absolute atomic E-state index is 13.3. The molecule has 1 N–H and O–H groups in total. The lowest BCUT2D eigenvalue weighted by Gasteiger charge is -2.16. The predicted octanol–water partition coefficient (Wildman–Crippen LogP) is 4.87. The molecule has 0 aliphatic carbocycles. The first-order valence-electron chi connectivity index (χ1n) is 6.34. The first-order chi connectivity index (χ1) is 9.86. The van der Waals surface area contributed by atoms with E-state index in [1.807, 2.05) is 6.92 Å². The van der Waals surface area contributed by atoms with Crippen LogP contribution < -0.4 is 5.32 Å². The van der Waals surface area contributed by atoms with Gasteiger partial charge in [0, 0.05) is 28.4 Å². The smallest absolute Gasteiger partial charge is 0.272 e. The Labute approximate surface area is 126 Å². The van der Waals surface area contributed by atoms with Crippen molar-refractivity contribution in [1.82, 2.24) is 0 Å². The average molecular weight is 309 g/mol. The van der Waals surface area contributed by atoms with Crippen molar-refractivity contribution < 1.29 is 9.31 Å². The van der Waals surface area contributed by atoms with E-state index in [9.17, 15) is 14.5 Å². The molecule has 0 saturated heterocycles. The maximum Gasteiger partial charge on any atom is 0.272 e. The molecule has 0 spiro atoms. The molecule has 21 heavy (non-hydrogen) atoms. The number of halogens is 2. The lowest BCUT2D eigenvalue weighted by molar-refractivity contribution is -0.385. The van der Waals surface area contributed by atoms with Crippen molar-refractivity contribution in [3.63, 3.8) is 0 Å². The van der Waals surface area contributed by atoms with Crippen LogP contribution in [0.2, 0.25) is 5.02 Å². The van der Waals surface area contributed by atoms with Gasteiger partial charge >= 0.3 is 0 Å². The number of rotatable bonds is 4. The van der Waals surface area contributed by atoms with Crippen LogP contribution in [0.5, 0.6) is 0 Å². The zero-order chi connectivity index (χ0) is 15.6. The first kappa shape index (κ1) is 15.3. The highest BCUT2D eigenvalue weighted by Crippen LogP contribution is 2.27. The van der Waals surface area contributed by atoms with E-state index in [0.29, 0.717) is 16.3 Å². The summed E-state index contributed by atoms with van der Waals surface area (Å²) in [5, 5.41) is 14.3. The average Bonchev–Trinajstić information content (AvgIpc) is 2.37. The summed E-state index contributed by atoms with van der Waals surface area (Å²) in [6.45, 7) is 3.53. The maximum atomic E-state index is 13.3. The van der Waals surface area contributed by atoms with Crippen molar-refractivity contribution in [2.45, 2.75) is 19.9 Å². The van der Waals surface area contributed by atoms with Crippen LogP contribution in [0.4, 0.5) is 15.8 Å². The molecule has 0 aromatic heterocycles. The lowest BCUT2D eigenvalue weighted by atomic mass is 10.0. The van der Waals surface area contributed by atoms with Crippen LogP contribution in [-0.4, -0.2) is 4.92 Å². The monoisotopic (exact) mass is 308 g/mol. The number of nitrogens with one attached hydrogen (secondary N) is 1. The number of hydrogen-bond donors (Lipinski definition) is 1. The molecule has 4 nitrogen and oxygen atoms in total. The van der Waals surface area contributed by atoms with Gasteiger partial charge in [0.2, 0.25) is 0 Å². The fraction of sp³-hybridized carbons (Fsp3) is 0.200. The van der Waals surface area contributed by atoms with Gasteiger partial charge < -0.3 is 5.32 Å². The van der Waals surface area contributed by atoms with Gasteiger partial charge in [0.25, 0.3) is 5.69 Å². The number of anilines is 1. The Morgan fingerprint density at radius 2 is 2.00 bits per heavy atom. The Morgan fingerprint density at radius 3 is 2.62 bits per heavy atom. The van der Waals surface area contributed by atoms with Crippen LogP contribution in [0.15, 0.2) is 36.4 Å². The van der Waals surface area contributed by atoms with E-state index < -0.39 is 10.7 Å². The number of benzene rings is 2. The van der Waals surface area contributed by atoms with Gasteiger partial charge in [-0.15, -0.1) is 0 Å². The second kappa shape index (κ2) is 6.10. The number of hydrogen-bond acceptors (Lipinski definition) is 3. The standard InChI is InChI=1S/C15H14ClFN2O2/c1-9-3-4-11(5-15(9)19(20)21)10(2)18-14-7-12(16)6-13(17)8-14/h3-8,10,18H,1-2H3. The van der Waals surface area contributed by atoms with Crippen molar-refractivity contribution in [1.29, 1.82) is 0 Å². The van der Waals surface area contributed by atoms with E-state index in [1.54, 1.807) is 25.1 Å². The summed E-state index contributed by atoms with van der Waals surface area (Å²) < 4.78 is 13.3. The molecule has 110 valence electrons. The fourth-order valence-corrected chi connectivity index (χ4v) is 2.28. The highest BCUT2D eigenvalue weighted by Gasteiger charge is 2.14. The first-order valence-corrected chi connectivity index (χ1v) is 6.72. The molecule has 2 aromatic rings. The molecule has 1 unspecified atom stereocenters. The molecule has 0 aliphatic heterocycles. The third-order valence-corrected chi connectivity index (χ3v) is 3.39. The predicted molar refractivity (Wildman–Crippen MR) is 81.3 cm³/mol. The molecule has 6 heteroatoms. The van der Waals surface area contributed by atoms with Gasteiger partial charge in [0.15, 0.2) is 0 Å². The lowest BCUT2D eigenvalue weighted by Crippen LogP contribution is -2.07. The number of nitrogens with zero attached hydrogens (tertiary/aromatic N) is 1. The van der Waals surface area contributed by atoms with Crippen molar-refractivity contribution in [2.75, 3.05) is 5.32 Å². The second-order valence-electron chi connectivity index (χ2n) is 4.83. The van der Waals surface area contributed by atoms with Gasteiger partial charge in [-0.25, -0.2) is 4.39 Å². The minimum Gasteiger partial charge on any atom is -0.378 e. The summed E-state index contributed by atoms with van der Waals surface area (Å²) in [4.78, 5) is 10.6. The molecule has 2 aromatic carbocycles. The van der Waals surface area contributed by atoms with Gasteiger partial charge in [-0.05, 0) is 37.6 Å². The van der Waals surface area contributed by atoms with E-state index in [4.69, 9.17) is 11.6 Å². The highest BCUT2D eigenvalue weighted by atomic mass is 35.5. The zero-order valence-corrected chi connectivity index (χ0v) is 12.3. The number of nitro groups is 1. The molecular weight excluding hydrogens is 295 g/mol. The van der Waals surface area contributed by atoms with Crippen molar-refractivity contribution >= 4 is 23.0 Å². The fourth-order valence-electron chi connectivity index (χ4n) is 2.06. The summed E-state index contributed by atoms with van der Waals surface area (Å²) in [5.74, 6) is -0.438. The normalized spacial score (nSPS) is 12.0. The molecule has 0 saturated carbocycles. The van der Waals surface area contributed by atoms with Gasteiger partial charge in [-0.3, -0.25) is 10.1 Å². The van der Waals surface area contributed by atoms with Crippen LogP contribution in [0, 0.1) is 22.9 Å². The summed E-state index contributed by atoms with van der Waals surface area (Å²) in [7, 11) is 0. The summed E-state index contributed by atoms with van der Waals surface area (Å²) in [5.41, 5.74) is 1.94. The van der Waals surface area contributed by atoms with Crippen molar-refractivity contribution in [2.24, 2.45) is 0 Å². The Bertz CT molecular complexity index is 671.